The third kappa shape index (κ3) is 6.97. The fourth-order valence-corrected chi connectivity index (χ4v) is 12.7. The minimum absolute atomic E-state index is 0.144. The summed E-state index contributed by atoms with van der Waals surface area (Å²) in [7, 11) is 0. The van der Waals surface area contributed by atoms with E-state index in [1.54, 1.807) is 0 Å². The van der Waals surface area contributed by atoms with Crippen molar-refractivity contribution in [2.45, 2.75) is 105 Å². The summed E-state index contributed by atoms with van der Waals surface area (Å²) in [4.78, 5) is 5.23. The maximum atomic E-state index is 2.62. The molecule has 10 aromatic rings. The Morgan fingerprint density at radius 3 is 1.40 bits per heavy atom. The van der Waals surface area contributed by atoms with Crippen molar-refractivity contribution < 1.29 is 0 Å². The summed E-state index contributed by atoms with van der Waals surface area (Å²) in [6.45, 7) is 25.6. The van der Waals surface area contributed by atoms with Crippen LogP contribution in [0.1, 0.15) is 124 Å². The molecule has 0 fully saturated rings. The molecule has 2 nitrogen and oxygen atoms in total. The van der Waals surface area contributed by atoms with Crippen LogP contribution in [0.3, 0.4) is 0 Å². The Kier molecular flexibility index (Phi) is 10.7. The maximum Gasteiger partial charge on any atom is 0.0546 e. The van der Waals surface area contributed by atoms with E-state index >= 15 is 0 Å². The maximum absolute atomic E-state index is 2.62. The zero-order chi connectivity index (χ0) is 50.0. The molecule has 0 heterocycles. The van der Waals surface area contributed by atoms with Crippen molar-refractivity contribution >= 4 is 66.4 Å². The lowest BCUT2D eigenvalue weighted by atomic mass is 9.82. The van der Waals surface area contributed by atoms with E-state index < -0.39 is 0 Å². The first-order valence-electron chi connectivity index (χ1n) is 26.4. The minimum atomic E-state index is -0.150. The van der Waals surface area contributed by atoms with Gasteiger partial charge >= 0.3 is 0 Å². The van der Waals surface area contributed by atoms with Crippen LogP contribution < -0.4 is 9.80 Å². The van der Waals surface area contributed by atoms with Gasteiger partial charge in [0.05, 0.1) is 22.7 Å². The highest BCUT2D eigenvalue weighted by Gasteiger charge is 2.40. The summed E-state index contributed by atoms with van der Waals surface area (Å²) < 4.78 is 0. The van der Waals surface area contributed by atoms with Gasteiger partial charge in [0.1, 0.15) is 0 Å². The van der Waals surface area contributed by atoms with Gasteiger partial charge < -0.3 is 9.80 Å². The summed E-state index contributed by atoms with van der Waals surface area (Å²) in [6, 6.07) is 68.2. The molecule has 0 bridgehead atoms. The smallest absolute Gasteiger partial charge is 0.0546 e. The minimum Gasteiger partial charge on any atom is -0.309 e. The normalized spacial score (nSPS) is 14.0. The molecular weight excluding hydrogens is 869 g/mol. The molecular formula is C70H66N2. The molecule has 0 radical (unpaired) electrons. The van der Waals surface area contributed by atoms with Gasteiger partial charge in [0.2, 0.25) is 0 Å². The summed E-state index contributed by atoms with van der Waals surface area (Å²) >= 11 is 0. The molecule has 0 spiro atoms. The highest BCUT2D eigenvalue weighted by Crippen LogP contribution is 2.58. The van der Waals surface area contributed by atoms with Gasteiger partial charge in [-0.2, -0.15) is 0 Å². The Morgan fingerprint density at radius 1 is 0.375 bits per heavy atom. The van der Waals surface area contributed by atoms with Gasteiger partial charge in [0, 0.05) is 44.1 Å². The Morgan fingerprint density at radius 2 is 0.847 bits per heavy atom. The molecule has 2 heteroatoms. The first-order chi connectivity index (χ1) is 34.6. The second kappa shape index (κ2) is 16.8. The van der Waals surface area contributed by atoms with Crippen molar-refractivity contribution in [2.75, 3.05) is 9.80 Å². The molecule has 72 heavy (non-hydrogen) atoms. The lowest BCUT2D eigenvalue weighted by molar-refractivity contribution is 0.660. The molecule has 356 valence electrons. The van der Waals surface area contributed by atoms with E-state index in [9.17, 15) is 0 Å². The quantitative estimate of drug-likeness (QED) is 0.133. The van der Waals surface area contributed by atoms with Crippen molar-refractivity contribution in [1.82, 2.24) is 0 Å². The SMILES string of the molecule is CCc1cc(C(C)C)cc(N(c2cccc3c2-c2ccccc2C3(C)C)c2cc3c4ccccc4c(N(c4cc(C)cc(C(C)C)c4)c4cccc5c4-c4cc(C)ccc4C5(C)C)cc3c3ccccc23)c1. The molecule has 0 aliphatic heterocycles. The van der Waals surface area contributed by atoms with Gasteiger partial charge in [0.15, 0.2) is 0 Å². The zero-order valence-corrected chi connectivity index (χ0v) is 44.0. The number of nitrogens with zero attached hydrogens (tertiary/aromatic N) is 2. The second-order valence-corrected chi connectivity index (χ2v) is 22.6. The molecule has 0 atom stereocenters. The average Bonchev–Trinajstić information content (AvgIpc) is 3.76. The molecule has 0 aromatic heterocycles. The average molecular weight is 935 g/mol. The number of hydrogen-bond acceptors (Lipinski definition) is 2. The highest BCUT2D eigenvalue weighted by atomic mass is 15.2. The molecule has 0 amide bonds. The fourth-order valence-electron chi connectivity index (χ4n) is 12.7. The van der Waals surface area contributed by atoms with Crippen LogP contribution in [0.25, 0.3) is 54.6 Å². The van der Waals surface area contributed by atoms with Gasteiger partial charge in [-0.25, -0.2) is 0 Å². The predicted molar refractivity (Wildman–Crippen MR) is 310 cm³/mol. The van der Waals surface area contributed by atoms with Crippen LogP contribution in [0.2, 0.25) is 0 Å². The van der Waals surface area contributed by atoms with E-state index in [0.717, 1.165) is 6.42 Å². The van der Waals surface area contributed by atoms with E-state index in [-0.39, 0.29) is 10.8 Å². The monoisotopic (exact) mass is 935 g/mol. The first-order valence-corrected chi connectivity index (χ1v) is 26.4. The summed E-state index contributed by atoms with van der Waals surface area (Å²) in [5.74, 6) is 0.740. The Balaban J connectivity index is 1.19. The summed E-state index contributed by atoms with van der Waals surface area (Å²) in [5.41, 5.74) is 24.2. The number of fused-ring (bicyclic) bond motifs is 11. The number of rotatable bonds is 9. The highest BCUT2D eigenvalue weighted by molar-refractivity contribution is 6.25. The van der Waals surface area contributed by atoms with Crippen molar-refractivity contribution in [2.24, 2.45) is 0 Å². The molecule has 2 aliphatic rings. The van der Waals surface area contributed by atoms with Crippen molar-refractivity contribution in [3.63, 3.8) is 0 Å². The second-order valence-electron chi connectivity index (χ2n) is 22.6. The topological polar surface area (TPSA) is 6.48 Å². The van der Waals surface area contributed by atoms with Gasteiger partial charge in [-0.05, 0) is 158 Å². The van der Waals surface area contributed by atoms with E-state index in [1.165, 1.54) is 139 Å². The van der Waals surface area contributed by atoms with E-state index in [1.807, 2.05) is 0 Å². The standard InChI is InChI=1S/C70H66N2/c1-12-46-36-48(43(4)5)39-50(37-46)72(63-29-19-27-61-67(63)55-25-17-18-26-59(55)69(61,8)9)66-41-57-51-21-13-15-23-53(51)65(40-56(57)52-22-14-16-24-54(52)66)71(49-34-45(7)33-47(38-49)42(2)3)64-30-20-28-62-68(64)58-35-44(6)31-32-60(58)70(62,10)11/h13-43H,12H2,1-11H3. The Hall–Kier alpha value is -7.42. The lowest BCUT2D eigenvalue weighted by Gasteiger charge is -2.32. The van der Waals surface area contributed by atoms with E-state index in [2.05, 4.69) is 262 Å². The van der Waals surface area contributed by atoms with Crippen molar-refractivity contribution in [3.8, 4) is 22.3 Å². The van der Waals surface area contributed by atoms with E-state index in [4.69, 9.17) is 0 Å². The van der Waals surface area contributed by atoms with Gasteiger partial charge in [0.25, 0.3) is 0 Å². The van der Waals surface area contributed by atoms with Crippen LogP contribution >= 0.6 is 0 Å². The number of aryl methyl sites for hydroxylation is 3. The Bertz CT molecular complexity index is 3840. The van der Waals surface area contributed by atoms with Gasteiger partial charge in [-0.15, -0.1) is 0 Å². The van der Waals surface area contributed by atoms with Crippen LogP contribution in [0, 0.1) is 13.8 Å². The first kappa shape index (κ1) is 45.7. The summed E-state index contributed by atoms with van der Waals surface area (Å²) in [6.07, 6.45) is 0.958. The van der Waals surface area contributed by atoms with Gasteiger partial charge in [-0.3, -0.25) is 0 Å². The predicted octanol–water partition coefficient (Wildman–Crippen LogP) is 20.1. The number of hydrogen-bond donors (Lipinski definition) is 0. The van der Waals surface area contributed by atoms with Crippen molar-refractivity contribution in [3.05, 3.63) is 226 Å². The third-order valence-corrected chi connectivity index (χ3v) is 16.6. The zero-order valence-electron chi connectivity index (χ0n) is 44.0. The largest absolute Gasteiger partial charge is 0.309 e. The third-order valence-electron chi connectivity index (χ3n) is 16.6. The van der Waals surface area contributed by atoms with Gasteiger partial charge in [-0.1, -0.05) is 195 Å². The summed E-state index contributed by atoms with van der Waals surface area (Å²) in [5, 5.41) is 7.39. The van der Waals surface area contributed by atoms with Crippen LogP contribution in [0.15, 0.2) is 176 Å². The lowest BCUT2D eigenvalue weighted by Crippen LogP contribution is -2.16. The molecule has 0 saturated carbocycles. The molecule has 0 saturated heterocycles. The van der Waals surface area contributed by atoms with Crippen molar-refractivity contribution in [1.29, 1.82) is 0 Å². The fraction of sp³-hybridized carbons (Fsp3) is 0.229. The molecule has 0 unspecified atom stereocenters. The molecule has 2 aliphatic carbocycles. The van der Waals surface area contributed by atoms with Crippen LogP contribution in [0.5, 0.6) is 0 Å². The number of benzene rings is 10. The molecule has 12 rings (SSSR count). The van der Waals surface area contributed by atoms with Crippen LogP contribution in [-0.4, -0.2) is 0 Å². The van der Waals surface area contributed by atoms with Crippen LogP contribution in [0.4, 0.5) is 34.1 Å². The van der Waals surface area contributed by atoms with Crippen LogP contribution in [-0.2, 0) is 17.3 Å². The Labute approximate surface area is 427 Å². The van der Waals surface area contributed by atoms with E-state index in [0.29, 0.717) is 11.8 Å². The molecule has 10 aromatic carbocycles. The number of anilines is 6. The molecule has 0 N–H and O–H groups in total.